The lowest BCUT2D eigenvalue weighted by Crippen LogP contribution is -2.52. The maximum atomic E-state index is 12.0. The third kappa shape index (κ3) is 2.98. The smallest absolute Gasteiger partial charge is 0.314 e. The van der Waals surface area contributed by atoms with E-state index in [0.717, 1.165) is 0 Å². The van der Waals surface area contributed by atoms with E-state index in [-0.39, 0.29) is 6.04 Å². The molecule has 1 aliphatic heterocycles. The van der Waals surface area contributed by atoms with E-state index >= 15 is 0 Å². The molecule has 0 aromatic carbocycles. The van der Waals surface area contributed by atoms with Gasteiger partial charge in [-0.2, -0.15) is 13.2 Å². The van der Waals surface area contributed by atoms with Crippen molar-refractivity contribution >= 4 is 0 Å². The number of rotatable bonds is 1. The molecule has 1 rings (SSSR count). The molecule has 0 aliphatic carbocycles. The Labute approximate surface area is 69.7 Å². The summed E-state index contributed by atoms with van der Waals surface area (Å²) in [5, 5.41) is 3.04. The molecular formula is C7H13F3N2. The average molecular weight is 182 g/mol. The fourth-order valence-electron chi connectivity index (χ4n) is 1.35. The summed E-state index contributed by atoms with van der Waals surface area (Å²) in [6.45, 7) is 2.81. The Morgan fingerprint density at radius 1 is 1.50 bits per heavy atom. The van der Waals surface area contributed by atoms with Crippen LogP contribution in [0.4, 0.5) is 13.2 Å². The Balaban J connectivity index is 2.39. The van der Waals surface area contributed by atoms with E-state index in [1.165, 1.54) is 4.90 Å². The molecule has 1 aliphatic rings. The van der Waals surface area contributed by atoms with Crippen LogP contribution < -0.4 is 5.32 Å². The fourth-order valence-corrected chi connectivity index (χ4v) is 1.35. The van der Waals surface area contributed by atoms with Crippen molar-refractivity contribution in [1.29, 1.82) is 0 Å². The number of alkyl halides is 3. The third-order valence-electron chi connectivity index (χ3n) is 2.02. The first-order valence-corrected chi connectivity index (χ1v) is 4.00. The SMILES string of the molecule is CC1CNCCN1CC(F)(F)F. The van der Waals surface area contributed by atoms with Crippen molar-refractivity contribution in [3.63, 3.8) is 0 Å². The van der Waals surface area contributed by atoms with E-state index in [2.05, 4.69) is 5.32 Å². The zero-order valence-corrected chi connectivity index (χ0v) is 6.99. The molecule has 0 aromatic rings. The van der Waals surface area contributed by atoms with Gasteiger partial charge in [0.15, 0.2) is 0 Å². The molecule has 2 nitrogen and oxygen atoms in total. The summed E-state index contributed by atoms with van der Waals surface area (Å²) >= 11 is 0. The van der Waals surface area contributed by atoms with Gasteiger partial charge in [0.1, 0.15) is 0 Å². The molecule has 1 fully saturated rings. The summed E-state index contributed by atoms with van der Waals surface area (Å²) in [5.41, 5.74) is 0. The van der Waals surface area contributed by atoms with Gasteiger partial charge in [-0.15, -0.1) is 0 Å². The van der Waals surface area contributed by atoms with Crippen LogP contribution in [0.2, 0.25) is 0 Å². The predicted molar refractivity (Wildman–Crippen MR) is 40.0 cm³/mol. The van der Waals surface area contributed by atoms with Crippen LogP contribution in [-0.4, -0.2) is 43.3 Å². The Hall–Kier alpha value is -0.290. The van der Waals surface area contributed by atoms with Crippen LogP contribution in [0, 0.1) is 0 Å². The van der Waals surface area contributed by atoms with Crippen LogP contribution in [0.1, 0.15) is 6.92 Å². The van der Waals surface area contributed by atoms with Crippen LogP contribution in [0.25, 0.3) is 0 Å². The van der Waals surface area contributed by atoms with Crippen molar-refractivity contribution in [3.05, 3.63) is 0 Å². The van der Waals surface area contributed by atoms with Crippen molar-refractivity contribution in [1.82, 2.24) is 10.2 Å². The number of nitrogens with zero attached hydrogens (tertiary/aromatic N) is 1. The molecule has 12 heavy (non-hydrogen) atoms. The quantitative estimate of drug-likeness (QED) is 0.646. The summed E-state index contributed by atoms with van der Waals surface area (Å²) in [6, 6.07) is -0.0135. The van der Waals surface area contributed by atoms with Crippen LogP contribution in [0.5, 0.6) is 0 Å². The highest BCUT2D eigenvalue weighted by Gasteiger charge is 2.33. The molecule has 1 saturated heterocycles. The van der Waals surface area contributed by atoms with Crippen molar-refractivity contribution in [2.24, 2.45) is 0 Å². The van der Waals surface area contributed by atoms with Gasteiger partial charge in [-0.1, -0.05) is 0 Å². The first kappa shape index (κ1) is 9.80. The predicted octanol–water partition coefficient (Wildman–Crippen LogP) is 0.842. The molecular weight excluding hydrogens is 169 g/mol. The lowest BCUT2D eigenvalue weighted by Gasteiger charge is -2.34. The van der Waals surface area contributed by atoms with E-state index in [0.29, 0.717) is 19.6 Å². The minimum Gasteiger partial charge on any atom is -0.314 e. The van der Waals surface area contributed by atoms with Crippen LogP contribution in [0.3, 0.4) is 0 Å². The highest BCUT2D eigenvalue weighted by molar-refractivity contribution is 4.77. The largest absolute Gasteiger partial charge is 0.401 e. The highest BCUT2D eigenvalue weighted by Crippen LogP contribution is 2.18. The molecule has 0 amide bonds. The van der Waals surface area contributed by atoms with Gasteiger partial charge in [-0.25, -0.2) is 0 Å². The number of nitrogens with one attached hydrogen (secondary N) is 1. The van der Waals surface area contributed by atoms with Gasteiger partial charge >= 0.3 is 6.18 Å². The summed E-state index contributed by atoms with van der Waals surface area (Å²) in [4.78, 5) is 1.45. The normalized spacial score (nSPS) is 27.5. The molecule has 1 N–H and O–H groups in total. The molecule has 5 heteroatoms. The molecule has 1 unspecified atom stereocenters. The molecule has 1 heterocycles. The van der Waals surface area contributed by atoms with Crippen molar-refractivity contribution in [3.8, 4) is 0 Å². The number of piperazine rings is 1. The average Bonchev–Trinajstić information content (AvgIpc) is 1.91. The van der Waals surface area contributed by atoms with Crippen LogP contribution >= 0.6 is 0 Å². The Bertz CT molecular complexity index is 146. The number of hydrogen-bond donors (Lipinski definition) is 1. The van der Waals surface area contributed by atoms with E-state index in [1.807, 2.05) is 0 Å². The van der Waals surface area contributed by atoms with Crippen LogP contribution in [0.15, 0.2) is 0 Å². The molecule has 72 valence electrons. The fraction of sp³-hybridized carbons (Fsp3) is 1.00. The summed E-state index contributed by atoms with van der Waals surface area (Å²) in [5.74, 6) is 0. The zero-order valence-electron chi connectivity index (χ0n) is 6.99. The van der Waals surface area contributed by atoms with Gasteiger partial charge in [0, 0.05) is 25.7 Å². The van der Waals surface area contributed by atoms with Crippen molar-refractivity contribution in [2.75, 3.05) is 26.2 Å². The van der Waals surface area contributed by atoms with E-state index < -0.39 is 12.7 Å². The number of hydrogen-bond acceptors (Lipinski definition) is 2. The zero-order chi connectivity index (χ0) is 9.19. The molecule has 1 atom stereocenters. The highest BCUT2D eigenvalue weighted by atomic mass is 19.4. The second kappa shape index (κ2) is 3.62. The van der Waals surface area contributed by atoms with E-state index in [4.69, 9.17) is 0 Å². The molecule has 0 aromatic heterocycles. The van der Waals surface area contributed by atoms with Gasteiger partial charge in [-0.05, 0) is 6.92 Å². The second-order valence-corrected chi connectivity index (χ2v) is 3.14. The maximum absolute atomic E-state index is 12.0. The summed E-state index contributed by atoms with van der Waals surface area (Å²) in [7, 11) is 0. The van der Waals surface area contributed by atoms with Crippen LogP contribution in [-0.2, 0) is 0 Å². The van der Waals surface area contributed by atoms with Gasteiger partial charge in [-0.3, -0.25) is 4.90 Å². The van der Waals surface area contributed by atoms with Gasteiger partial charge < -0.3 is 5.32 Å². The standard InChI is InChI=1S/C7H13F3N2/c1-6-4-11-2-3-12(6)5-7(8,9)10/h6,11H,2-5H2,1H3. The minimum absolute atomic E-state index is 0.0135. The third-order valence-corrected chi connectivity index (χ3v) is 2.02. The molecule has 0 bridgehead atoms. The topological polar surface area (TPSA) is 15.3 Å². The molecule has 0 radical (unpaired) electrons. The first-order valence-electron chi connectivity index (χ1n) is 4.00. The van der Waals surface area contributed by atoms with Crippen molar-refractivity contribution < 1.29 is 13.2 Å². The monoisotopic (exact) mass is 182 g/mol. The number of halogens is 3. The van der Waals surface area contributed by atoms with Gasteiger partial charge in [0.2, 0.25) is 0 Å². The molecule has 0 spiro atoms. The maximum Gasteiger partial charge on any atom is 0.401 e. The lowest BCUT2D eigenvalue weighted by molar-refractivity contribution is -0.151. The Kier molecular flexibility index (Phi) is 2.95. The van der Waals surface area contributed by atoms with E-state index in [9.17, 15) is 13.2 Å². The van der Waals surface area contributed by atoms with E-state index in [1.54, 1.807) is 6.92 Å². The Morgan fingerprint density at radius 2 is 2.17 bits per heavy atom. The van der Waals surface area contributed by atoms with Gasteiger partial charge in [0.25, 0.3) is 0 Å². The van der Waals surface area contributed by atoms with Crippen molar-refractivity contribution in [2.45, 2.75) is 19.1 Å². The summed E-state index contributed by atoms with van der Waals surface area (Å²) in [6.07, 6.45) is -4.06. The second-order valence-electron chi connectivity index (χ2n) is 3.14. The first-order chi connectivity index (χ1) is 5.49. The van der Waals surface area contributed by atoms with Gasteiger partial charge in [0.05, 0.1) is 6.54 Å². The lowest BCUT2D eigenvalue weighted by atomic mass is 10.2. The Morgan fingerprint density at radius 3 is 2.67 bits per heavy atom. The molecule has 0 saturated carbocycles. The summed E-state index contributed by atoms with van der Waals surface area (Å²) < 4.78 is 35.9. The minimum atomic E-state index is -4.06.